The Labute approximate surface area is 116 Å². The van der Waals surface area contributed by atoms with Crippen molar-refractivity contribution in [2.75, 3.05) is 33.4 Å². The second-order valence-electron chi connectivity index (χ2n) is 3.87. The number of carbonyl (C=O) groups is 1. The van der Waals surface area contributed by atoms with Gasteiger partial charge in [-0.3, -0.25) is 4.79 Å². The zero-order chi connectivity index (χ0) is 13.4. The van der Waals surface area contributed by atoms with Gasteiger partial charge in [-0.2, -0.15) is 0 Å². The minimum Gasteiger partial charge on any atom is -0.395 e. The van der Waals surface area contributed by atoms with Crippen LogP contribution < -0.4 is 0 Å². The second kappa shape index (κ2) is 8.24. The normalized spacial score (nSPS) is 10.4. The third-order valence-corrected chi connectivity index (χ3v) is 3.05. The zero-order valence-corrected chi connectivity index (χ0v) is 12.0. The molecule has 5 heteroatoms. The van der Waals surface area contributed by atoms with Crippen molar-refractivity contribution < 1.29 is 14.6 Å². The average molecular weight is 316 g/mol. The molecule has 0 aromatic heterocycles. The number of aliphatic hydroxyl groups is 1. The molecule has 1 N–H and O–H groups in total. The predicted molar refractivity (Wildman–Crippen MR) is 73.6 cm³/mol. The van der Waals surface area contributed by atoms with Gasteiger partial charge in [0.05, 0.1) is 6.61 Å². The Morgan fingerprint density at radius 1 is 1.33 bits per heavy atom. The molecular formula is C13H18BrNO3. The van der Waals surface area contributed by atoms with Gasteiger partial charge in [-0.05, 0) is 30.7 Å². The van der Waals surface area contributed by atoms with Crippen molar-refractivity contribution in [3.05, 3.63) is 34.3 Å². The topological polar surface area (TPSA) is 49.8 Å². The molecule has 0 bridgehead atoms. The summed E-state index contributed by atoms with van der Waals surface area (Å²) in [4.78, 5) is 13.8. The molecule has 0 saturated heterocycles. The third-order valence-electron chi connectivity index (χ3n) is 2.52. The van der Waals surface area contributed by atoms with Gasteiger partial charge in [0.15, 0.2) is 0 Å². The average Bonchev–Trinajstić information content (AvgIpc) is 2.38. The van der Waals surface area contributed by atoms with Crippen molar-refractivity contribution >= 4 is 21.8 Å². The van der Waals surface area contributed by atoms with Gasteiger partial charge in [-0.1, -0.05) is 15.9 Å². The van der Waals surface area contributed by atoms with Crippen LogP contribution in [0.25, 0.3) is 0 Å². The molecule has 1 aromatic rings. The molecule has 1 amide bonds. The smallest absolute Gasteiger partial charge is 0.253 e. The van der Waals surface area contributed by atoms with Gasteiger partial charge in [-0.15, -0.1) is 0 Å². The number of ether oxygens (including phenoxy) is 1. The highest BCUT2D eigenvalue weighted by Crippen LogP contribution is 2.12. The first-order chi connectivity index (χ1) is 8.69. The zero-order valence-electron chi connectivity index (χ0n) is 10.4. The molecule has 0 fully saturated rings. The van der Waals surface area contributed by atoms with E-state index in [4.69, 9.17) is 9.84 Å². The molecule has 0 radical (unpaired) electrons. The van der Waals surface area contributed by atoms with Gasteiger partial charge in [0, 0.05) is 36.8 Å². The van der Waals surface area contributed by atoms with Crippen LogP contribution in [-0.2, 0) is 4.74 Å². The molecule has 4 nitrogen and oxygen atoms in total. The SMILES string of the molecule is COCCCN(CCO)C(=O)c1ccc(Br)cc1. The lowest BCUT2D eigenvalue weighted by molar-refractivity contribution is 0.0701. The summed E-state index contributed by atoms with van der Waals surface area (Å²) in [5.41, 5.74) is 0.629. The molecule has 1 rings (SSSR count). The maximum Gasteiger partial charge on any atom is 0.253 e. The lowest BCUT2D eigenvalue weighted by Gasteiger charge is -2.21. The molecule has 0 aliphatic carbocycles. The number of rotatable bonds is 7. The number of halogens is 1. The van der Waals surface area contributed by atoms with Crippen molar-refractivity contribution in [2.45, 2.75) is 6.42 Å². The highest BCUT2D eigenvalue weighted by Gasteiger charge is 2.14. The summed E-state index contributed by atoms with van der Waals surface area (Å²) < 4.78 is 5.90. The van der Waals surface area contributed by atoms with Gasteiger partial charge in [0.25, 0.3) is 5.91 Å². The van der Waals surface area contributed by atoms with Gasteiger partial charge in [0.1, 0.15) is 0 Å². The maximum atomic E-state index is 12.2. The Balaban J connectivity index is 2.66. The minimum atomic E-state index is -0.0624. The minimum absolute atomic E-state index is 0.0325. The largest absolute Gasteiger partial charge is 0.395 e. The molecule has 0 aliphatic rings. The quantitative estimate of drug-likeness (QED) is 0.782. The predicted octanol–water partition coefficient (Wildman–Crippen LogP) is 1.92. The fraction of sp³-hybridized carbons (Fsp3) is 0.462. The molecule has 0 unspecified atom stereocenters. The number of carbonyl (C=O) groups excluding carboxylic acids is 1. The first kappa shape index (κ1) is 15.1. The molecule has 0 spiro atoms. The summed E-state index contributed by atoms with van der Waals surface area (Å²) >= 11 is 3.33. The summed E-state index contributed by atoms with van der Waals surface area (Å²) in [6.45, 7) is 1.51. The molecule has 0 saturated carbocycles. The van der Waals surface area contributed by atoms with Crippen molar-refractivity contribution in [2.24, 2.45) is 0 Å². The van der Waals surface area contributed by atoms with E-state index >= 15 is 0 Å². The fourth-order valence-electron chi connectivity index (χ4n) is 1.61. The number of hydrogen-bond donors (Lipinski definition) is 1. The van der Waals surface area contributed by atoms with E-state index in [2.05, 4.69) is 15.9 Å². The van der Waals surface area contributed by atoms with Crippen molar-refractivity contribution in [3.63, 3.8) is 0 Å². The number of aliphatic hydroxyl groups excluding tert-OH is 1. The first-order valence-corrected chi connectivity index (χ1v) is 6.63. The molecule has 100 valence electrons. The lowest BCUT2D eigenvalue weighted by atomic mass is 10.2. The van der Waals surface area contributed by atoms with Crippen molar-refractivity contribution in [1.82, 2.24) is 4.90 Å². The number of hydrogen-bond acceptors (Lipinski definition) is 3. The highest BCUT2D eigenvalue weighted by molar-refractivity contribution is 9.10. The van der Waals surface area contributed by atoms with E-state index in [-0.39, 0.29) is 12.5 Å². The van der Waals surface area contributed by atoms with Crippen LogP contribution in [0.1, 0.15) is 16.8 Å². The number of methoxy groups -OCH3 is 1. The second-order valence-corrected chi connectivity index (χ2v) is 4.78. The van der Waals surface area contributed by atoms with E-state index < -0.39 is 0 Å². The lowest BCUT2D eigenvalue weighted by Crippen LogP contribution is -2.34. The summed E-state index contributed by atoms with van der Waals surface area (Å²) in [7, 11) is 1.63. The van der Waals surface area contributed by atoms with Crippen LogP contribution in [0.2, 0.25) is 0 Å². The summed E-state index contributed by atoms with van der Waals surface area (Å²) in [6, 6.07) is 7.21. The van der Waals surface area contributed by atoms with Crippen molar-refractivity contribution in [3.8, 4) is 0 Å². The van der Waals surface area contributed by atoms with Gasteiger partial charge < -0.3 is 14.7 Å². The van der Waals surface area contributed by atoms with E-state index in [0.717, 1.165) is 10.9 Å². The van der Waals surface area contributed by atoms with E-state index in [1.165, 1.54) is 0 Å². The van der Waals surface area contributed by atoms with Gasteiger partial charge >= 0.3 is 0 Å². The molecule has 1 aromatic carbocycles. The summed E-state index contributed by atoms with van der Waals surface area (Å²) in [6.07, 6.45) is 0.763. The Kier molecular flexibility index (Phi) is 6.93. The summed E-state index contributed by atoms with van der Waals surface area (Å²) in [5.74, 6) is -0.0624. The molecule has 0 heterocycles. The van der Waals surface area contributed by atoms with Gasteiger partial charge in [0.2, 0.25) is 0 Å². The number of nitrogens with zero attached hydrogens (tertiary/aromatic N) is 1. The molecule has 18 heavy (non-hydrogen) atoms. The van der Waals surface area contributed by atoms with Crippen LogP contribution in [0.5, 0.6) is 0 Å². The van der Waals surface area contributed by atoms with Crippen LogP contribution in [0.15, 0.2) is 28.7 Å². The first-order valence-electron chi connectivity index (χ1n) is 5.83. The Morgan fingerprint density at radius 3 is 2.56 bits per heavy atom. The number of benzene rings is 1. The van der Waals surface area contributed by atoms with E-state index in [9.17, 15) is 4.79 Å². The van der Waals surface area contributed by atoms with E-state index in [0.29, 0.717) is 25.3 Å². The van der Waals surface area contributed by atoms with Crippen molar-refractivity contribution in [1.29, 1.82) is 0 Å². The highest BCUT2D eigenvalue weighted by atomic mass is 79.9. The van der Waals surface area contributed by atoms with E-state index in [1.807, 2.05) is 12.1 Å². The Morgan fingerprint density at radius 2 is 2.00 bits per heavy atom. The maximum absolute atomic E-state index is 12.2. The van der Waals surface area contributed by atoms with E-state index in [1.54, 1.807) is 24.1 Å². The third kappa shape index (κ3) is 4.76. The monoisotopic (exact) mass is 315 g/mol. The van der Waals surface area contributed by atoms with Gasteiger partial charge in [-0.25, -0.2) is 0 Å². The van der Waals surface area contributed by atoms with Crippen LogP contribution >= 0.6 is 15.9 Å². The van der Waals surface area contributed by atoms with Crippen LogP contribution in [0, 0.1) is 0 Å². The Hall–Kier alpha value is -0.910. The fourth-order valence-corrected chi connectivity index (χ4v) is 1.87. The standard InChI is InChI=1S/C13H18BrNO3/c1-18-10-2-7-15(8-9-16)13(17)11-3-5-12(14)6-4-11/h3-6,16H,2,7-10H2,1H3. The summed E-state index contributed by atoms with van der Waals surface area (Å²) in [5, 5.41) is 9.00. The Bertz CT molecular complexity index is 367. The molecule has 0 aliphatic heterocycles. The molecular weight excluding hydrogens is 298 g/mol. The molecule has 0 atom stereocenters. The van der Waals surface area contributed by atoms with Crippen LogP contribution in [0.3, 0.4) is 0 Å². The van der Waals surface area contributed by atoms with Crippen LogP contribution in [0.4, 0.5) is 0 Å². The number of amides is 1. The van der Waals surface area contributed by atoms with Crippen LogP contribution in [-0.4, -0.2) is 49.3 Å².